The average molecular weight is 384 g/mol. The standard InChI is InChI=1S/C21H21FN2O4/c22-16-8-6-14(7-9-16)19(27)23-17-5-3-4-15(12-17)20(28)24-21(13-18(25)26)10-1-2-11-21/h3-9,12H,1-2,10-11,13H2,(H,23,27)(H,24,28)(H,25,26). The molecule has 2 aromatic carbocycles. The SMILES string of the molecule is O=C(O)CC1(NC(=O)c2cccc(NC(=O)c3ccc(F)cc3)c2)CCCC1. The van der Waals surface area contributed by atoms with Crippen LogP contribution in [0.5, 0.6) is 0 Å². The molecule has 0 aromatic heterocycles. The summed E-state index contributed by atoms with van der Waals surface area (Å²) < 4.78 is 13.0. The fourth-order valence-electron chi connectivity index (χ4n) is 3.54. The number of rotatable bonds is 6. The number of nitrogens with one attached hydrogen (secondary N) is 2. The number of amides is 2. The van der Waals surface area contributed by atoms with E-state index in [1.165, 1.54) is 30.3 Å². The predicted molar refractivity (Wildman–Crippen MR) is 102 cm³/mol. The van der Waals surface area contributed by atoms with E-state index in [9.17, 15) is 18.8 Å². The zero-order valence-corrected chi connectivity index (χ0v) is 15.2. The van der Waals surface area contributed by atoms with Crippen LogP contribution in [-0.4, -0.2) is 28.4 Å². The van der Waals surface area contributed by atoms with Gasteiger partial charge in [0.1, 0.15) is 5.82 Å². The lowest BCUT2D eigenvalue weighted by molar-refractivity contribution is -0.138. The number of carbonyl (C=O) groups is 3. The van der Waals surface area contributed by atoms with Crippen LogP contribution in [0.2, 0.25) is 0 Å². The normalized spacial score (nSPS) is 15.0. The summed E-state index contributed by atoms with van der Waals surface area (Å²) in [7, 11) is 0. The summed E-state index contributed by atoms with van der Waals surface area (Å²) in [5, 5.41) is 14.7. The number of carboxylic acid groups (broad SMARTS) is 1. The van der Waals surface area contributed by atoms with Crippen LogP contribution in [0.3, 0.4) is 0 Å². The van der Waals surface area contributed by atoms with Gasteiger partial charge in [-0.3, -0.25) is 14.4 Å². The molecule has 1 fully saturated rings. The molecule has 0 atom stereocenters. The van der Waals surface area contributed by atoms with E-state index in [0.29, 0.717) is 29.7 Å². The van der Waals surface area contributed by atoms with Crippen molar-refractivity contribution < 1.29 is 23.9 Å². The van der Waals surface area contributed by atoms with Crippen molar-refractivity contribution >= 4 is 23.5 Å². The zero-order valence-electron chi connectivity index (χ0n) is 15.2. The summed E-state index contributed by atoms with van der Waals surface area (Å²) in [5.41, 5.74) is 0.313. The van der Waals surface area contributed by atoms with Gasteiger partial charge in [-0.2, -0.15) is 0 Å². The summed E-state index contributed by atoms with van der Waals surface area (Å²) in [4.78, 5) is 36.1. The first-order valence-corrected chi connectivity index (χ1v) is 9.08. The second-order valence-electron chi connectivity index (χ2n) is 7.05. The van der Waals surface area contributed by atoms with E-state index in [2.05, 4.69) is 10.6 Å². The molecule has 146 valence electrons. The summed E-state index contributed by atoms with van der Waals surface area (Å²) in [5.74, 6) is -2.17. The molecular formula is C21H21FN2O4. The monoisotopic (exact) mass is 384 g/mol. The molecule has 3 rings (SSSR count). The maximum atomic E-state index is 13.0. The van der Waals surface area contributed by atoms with Crippen molar-refractivity contribution in [2.45, 2.75) is 37.6 Å². The average Bonchev–Trinajstić information content (AvgIpc) is 3.09. The molecule has 1 aliphatic carbocycles. The van der Waals surface area contributed by atoms with E-state index in [1.54, 1.807) is 18.2 Å². The van der Waals surface area contributed by atoms with Gasteiger partial charge in [0.2, 0.25) is 0 Å². The van der Waals surface area contributed by atoms with Gasteiger partial charge >= 0.3 is 5.97 Å². The molecule has 2 amide bonds. The molecule has 28 heavy (non-hydrogen) atoms. The van der Waals surface area contributed by atoms with Gasteiger partial charge in [0.05, 0.1) is 12.0 Å². The highest BCUT2D eigenvalue weighted by atomic mass is 19.1. The van der Waals surface area contributed by atoms with Crippen LogP contribution in [0.25, 0.3) is 0 Å². The number of hydrogen-bond acceptors (Lipinski definition) is 3. The number of carbonyl (C=O) groups excluding carboxylic acids is 2. The van der Waals surface area contributed by atoms with Crippen LogP contribution in [0.1, 0.15) is 52.8 Å². The zero-order chi connectivity index (χ0) is 20.1. The third-order valence-electron chi connectivity index (χ3n) is 4.92. The maximum Gasteiger partial charge on any atom is 0.305 e. The van der Waals surface area contributed by atoms with E-state index in [4.69, 9.17) is 5.11 Å². The number of hydrogen-bond donors (Lipinski definition) is 3. The van der Waals surface area contributed by atoms with Crippen molar-refractivity contribution in [3.63, 3.8) is 0 Å². The van der Waals surface area contributed by atoms with Crippen LogP contribution >= 0.6 is 0 Å². The smallest absolute Gasteiger partial charge is 0.305 e. The van der Waals surface area contributed by atoms with E-state index in [-0.39, 0.29) is 12.3 Å². The van der Waals surface area contributed by atoms with Gasteiger partial charge in [0.15, 0.2) is 0 Å². The predicted octanol–water partition coefficient (Wildman–Crippen LogP) is 3.60. The van der Waals surface area contributed by atoms with Gasteiger partial charge < -0.3 is 15.7 Å². The van der Waals surface area contributed by atoms with Crippen LogP contribution in [0.4, 0.5) is 10.1 Å². The summed E-state index contributed by atoms with van der Waals surface area (Å²) in [6, 6.07) is 11.5. The van der Waals surface area contributed by atoms with Crippen molar-refractivity contribution in [3.05, 3.63) is 65.5 Å². The summed E-state index contributed by atoms with van der Waals surface area (Å²) in [6.07, 6.45) is 2.90. The fraction of sp³-hybridized carbons (Fsp3) is 0.286. The van der Waals surface area contributed by atoms with E-state index in [1.807, 2.05) is 0 Å². The van der Waals surface area contributed by atoms with Crippen LogP contribution in [0, 0.1) is 5.82 Å². The first kappa shape index (κ1) is 19.5. The third-order valence-corrected chi connectivity index (χ3v) is 4.92. The molecule has 0 saturated heterocycles. The molecule has 6 nitrogen and oxygen atoms in total. The van der Waals surface area contributed by atoms with Gasteiger partial charge in [-0.05, 0) is 55.3 Å². The lowest BCUT2D eigenvalue weighted by atomic mass is 9.92. The van der Waals surface area contributed by atoms with Gasteiger partial charge in [-0.1, -0.05) is 18.9 Å². The lowest BCUT2D eigenvalue weighted by Gasteiger charge is -2.28. The van der Waals surface area contributed by atoms with Gasteiger partial charge in [-0.15, -0.1) is 0 Å². The lowest BCUT2D eigenvalue weighted by Crippen LogP contribution is -2.47. The van der Waals surface area contributed by atoms with E-state index >= 15 is 0 Å². The first-order chi connectivity index (χ1) is 13.4. The van der Waals surface area contributed by atoms with Gasteiger partial charge in [0.25, 0.3) is 11.8 Å². The maximum absolute atomic E-state index is 13.0. The molecule has 7 heteroatoms. The molecule has 0 aliphatic heterocycles. The van der Waals surface area contributed by atoms with Crippen molar-refractivity contribution in [1.82, 2.24) is 5.32 Å². The molecule has 1 saturated carbocycles. The van der Waals surface area contributed by atoms with Crippen molar-refractivity contribution in [3.8, 4) is 0 Å². The Morgan fingerprint density at radius 1 is 0.964 bits per heavy atom. The molecule has 0 heterocycles. The Morgan fingerprint density at radius 3 is 2.29 bits per heavy atom. The number of benzene rings is 2. The summed E-state index contributed by atoms with van der Waals surface area (Å²) >= 11 is 0. The van der Waals surface area contributed by atoms with Crippen molar-refractivity contribution in [2.75, 3.05) is 5.32 Å². The Balaban J connectivity index is 1.71. The highest BCUT2D eigenvalue weighted by molar-refractivity contribution is 6.05. The number of anilines is 1. The molecule has 3 N–H and O–H groups in total. The molecule has 2 aromatic rings. The quantitative estimate of drug-likeness (QED) is 0.709. The molecular weight excluding hydrogens is 363 g/mol. The Morgan fingerprint density at radius 2 is 1.64 bits per heavy atom. The van der Waals surface area contributed by atoms with E-state index < -0.39 is 23.2 Å². The Labute approximate surface area is 161 Å². The second kappa shape index (κ2) is 8.21. The Kier molecular flexibility index (Phi) is 5.73. The third kappa shape index (κ3) is 4.73. The number of carboxylic acids is 1. The number of aliphatic carboxylic acids is 1. The molecule has 0 spiro atoms. The van der Waals surface area contributed by atoms with Gasteiger partial charge in [0, 0.05) is 16.8 Å². The Bertz CT molecular complexity index is 890. The first-order valence-electron chi connectivity index (χ1n) is 9.08. The summed E-state index contributed by atoms with van der Waals surface area (Å²) in [6.45, 7) is 0. The molecule has 0 unspecified atom stereocenters. The molecule has 0 bridgehead atoms. The van der Waals surface area contributed by atoms with Crippen LogP contribution < -0.4 is 10.6 Å². The van der Waals surface area contributed by atoms with E-state index in [0.717, 1.165) is 12.8 Å². The minimum absolute atomic E-state index is 0.111. The molecule has 0 radical (unpaired) electrons. The highest BCUT2D eigenvalue weighted by Gasteiger charge is 2.37. The van der Waals surface area contributed by atoms with Gasteiger partial charge in [-0.25, -0.2) is 4.39 Å². The van der Waals surface area contributed by atoms with Crippen molar-refractivity contribution in [2.24, 2.45) is 0 Å². The number of halogens is 1. The van der Waals surface area contributed by atoms with Crippen LogP contribution in [0.15, 0.2) is 48.5 Å². The van der Waals surface area contributed by atoms with Crippen LogP contribution in [-0.2, 0) is 4.79 Å². The highest BCUT2D eigenvalue weighted by Crippen LogP contribution is 2.33. The second-order valence-corrected chi connectivity index (χ2v) is 7.05. The topological polar surface area (TPSA) is 95.5 Å². The molecule has 1 aliphatic rings. The fourth-order valence-corrected chi connectivity index (χ4v) is 3.54. The van der Waals surface area contributed by atoms with Crippen molar-refractivity contribution in [1.29, 1.82) is 0 Å². The minimum atomic E-state index is -0.942. The minimum Gasteiger partial charge on any atom is -0.481 e. The largest absolute Gasteiger partial charge is 0.481 e. The Hall–Kier alpha value is -3.22.